The molecule has 16 heavy (non-hydrogen) atoms. The molecule has 0 rings (SSSR count). The van der Waals surface area contributed by atoms with E-state index in [4.69, 9.17) is 10.2 Å². The third-order valence-corrected chi connectivity index (χ3v) is 4.27. The van der Waals surface area contributed by atoms with E-state index in [1.54, 1.807) is 0 Å². The largest absolute Gasteiger partial charge is 0.394 e. The molecule has 1 unspecified atom stereocenters. The summed E-state index contributed by atoms with van der Waals surface area (Å²) in [6.45, 7) is 1.65. The maximum Gasteiger partial charge on any atom is 0.152 e. The Kier molecular flexibility index (Phi) is 8.89. The van der Waals surface area contributed by atoms with Gasteiger partial charge in [-0.15, -0.1) is 0 Å². The van der Waals surface area contributed by atoms with Crippen LogP contribution in [0, 0.1) is 0 Å². The Bertz CT molecular complexity index is 249. The molecule has 98 valence electrons. The molecule has 0 spiro atoms. The predicted octanol–water partition coefficient (Wildman–Crippen LogP) is 1.11. The third-order valence-electron chi connectivity index (χ3n) is 2.47. The third kappa shape index (κ3) is 9.12. The van der Waals surface area contributed by atoms with Crippen molar-refractivity contribution in [2.75, 3.05) is 18.1 Å². The minimum atomic E-state index is -3.20. The molecule has 0 aliphatic heterocycles. The molecule has 0 amide bonds. The van der Waals surface area contributed by atoms with Crippen molar-refractivity contribution in [3.8, 4) is 0 Å². The van der Waals surface area contributed by atoms with Crippen molar-refractivity contribution in [3.63, 3.8) is 0 Å². The highest BCUT2D eigenvalue weighted by atomic mass is 32.2. The molecular weight excluding hydrogens is 228 g/mol. The maximum atomic E-state index is 11.4. The summed E-state index contributed by atoms with van der Waals surface area (Å²) < 4.78 is 22.8. The molecule has 0 heterocycles. The normalized spacial score (nSPS) is 13.9. The first-order chi connectivity index (χ1) is 7.52. The number of aliphatic hydroxyl groups is 2. The van der Waals surface area contributed by atoms with Crippen LogP contribution in [0.4, 0.5) is 0 Å². The van der Waals surface area contributed by atoms with Crippen LogP contribution in [-0.2, 0) is 9.84 Å². The maximum absolute atomic E-state index is 11.4. The SMILES string of the molecule is CCCCCCCCS(=O)(=O)CC(O)CO. The van der Waals surface area contributed by atoms with Gasteiger partial charge in [-0.1, -0.05) is 39.0 Å². The molecule has 0 saturated carbocycles. The highest BCUT2D eigenvalue weighted by Gasteiger charge is 2.15. The van der Waals surface area contributed by atoms with Crippen LogP contribution >= 0.6 is 0 Å². The quantitative estimate of drug-likeness (QED) is 0.571. The summed E-state index contributed by atoms with van der Waals surface area (Å²) in [5.74, 6) is -0.200. The van der Waals surface area contributed by atoms with Gasteiger partial charge in [0, 0.05) is 0 Å². The lowest BCUT2D eigenvalue weighted by molar-refractivity contribution is 0.112. The van der Waals surface area contributed by atoms with Crippen molar-refractivity contribution in [2.24, 2.45) is 0 Å². The number of sulfone groups is 1. The van der Waals surface area contributed by atoms with E-state index in [9.17, 15) is 8.42 Å². The van der Waals surface area contributed by atoms with E-state index in [1.807, 2.05) is 0 Å². The fraction of sp³-hybridized carbons (Fsp3) is 1.00. The summed E-state index contributed by atoms with van der Waals surface area (Å²) >= 11 is 0. The lowest BCUT2D eigenvalue weighted by Crippen LogP contribution is -2.25. The van der Waals surface area contributed by atoms with Crippen LogP contribution in [-0.4, -0.2) is 42.8 Å². The summed E-state index contributed by atoms with van der Waals surface area (Å²) in [5.41, 5.74) is 0. The van der Waals surface area contributed by atoms with E-state index < -0.39 is 22.5 Å². The zero-order valence-corrected chi connectivity index (χ0v) is 10.9. The monoisotopic (exact) mass is 252 g/mol. The minimum absolute atomic E-state index is 0.121. The zero-order valence-electron chi connectivity index (χ0n) is 10.1. The molecule has 5 heteroatoms. The van der Waals surface area contributed by atoms with Gasteiger partial charge in [-0.2, -0.15) is 0 Å². The average Bonchev–Trinajstić information content (AvgIpc) is 2.22. The van der Waals surface area contributed by atoms with Crippen LogP contribution in [0.1, 0.15) is 45.4 Å². The van der Waals surface area contributed by atoms with Gasteiger partial charge in [-0.3, -0.25) is 0 Å². The van der Waals surface area contributed by atoms with Crippen molar-refractivity contribution < 1.29 is 18.6 Å². The van der Waals surface area contributed by atoms with Crippen molar-refractivity contribution in [1.82, 2.24) is 0 Å². The Morgan fingerprint density at radius 2 is 1.62 bits per heavy atom. The van der Waals surface area contributed by atoms with Gasteiger partial charge in [0.25, 0.3) is 0 Å². The van der Waals surface area contributed by atoms with Gasteiger partial charge in [0.05, 0.1) is 24.2 Å². The molecule has 0 radical (unpaired) electrons. The predicted molar refractivity (Wildman–Crippen MR) is 65.1 cm³/mol. The molecule has 0 fully saturated rings. The first-order valence-electron chi connectivity index (χ1n) is 6.01. The van der Waals surface area contributed by atoms with Crippen molar-refractivity contribution in [2.45, 2.75) is 51.6 Å². The highest BCUT2D eigenvalue weighted by molar-refractivity contribution is 7.91. The standard InChI is InChI=1S/C11H24O4S/c1-2-3-4-5-6-7-8-16(14,15)10-11(13)9-12/h11-13H,2-10H2,1H3. The van der Waals surface area contributed by atoms with Crippen molar-refractivity contribution in [3.05, 3.63) is 0 Å². The Morgan fingerprint density at radius 1 is 1.06 bits per heavy atom. The van der Waals surface area contributed by atoms with Gasteiger partial charge < -0.3 is 10.2 Å². The lowest BCUT2D eigenvalue weighted by Gasteiger charge is -2.08. The van der Waals surface area contributed by atoms with E-state index in [1.165, 1.54) is 12.8 Å². The van der Waals surface area contributed by atoms with E-state index in [-0.39, 0.29) is 11.5 Å². The zero-order chi connectivity index (χ0) is 12.4. The lowest BCUT2D eigenvalue weighted by atomic mass is 10.1. The van der Waals surface area contributed by atoms with E-state index in [2.05, 4.69) is 6.92 Å². The van der Waals surface area contributed by atoms with Crippen LogP contribution in [0.15, 0.2) is 0 Å². The molecule has 0 aliphatic rings. The molecule has 0 aromatic rings. The summed E-state index contributed by atoms with van der Waals surface area (Å²) in [6, 6.07) is 0. The highest BCUT2D eigenvalue weighted by Crippen LogP contribution is 2.07. The number of rotatable bonds is 10. The molecule has 0 bridgehead atoms. The molecule has 0 saturated heterocycles. The smallest absolute Gasteiger partial charge is 0.152 e. The Balaban J connectivity index is 3.59. The second-order valence-corrected chi connectivity index (χ2v) is 6.45. The number of hydrogen-bond donors (Lipinski definition) is 2. The van der Waals surface area contributed by atoms with Gasteiger partial charge in [-0.25, -0.2) is 8.42 Å². The number of aliphatic hydroxyl groups excluding tert-OH is 2. The van der Waals surface area contributed by atoms with Gasteiger partial charge >= 0.3 is 0 Å². The van der Waals surface area contributed by atoms with E-state index in [0.29, 0.717) is 6.42 Å². The second kappa shape index (κ2) is 8.96. The number of unbranched alkanes of at least 4 members (excludes halogenated alkanes) is 5. The van der Waals surface area contributed by atoms with Gasteiger partial charge in [-0.05, 0) is 6.42 Å². The summed E-state index contributed by atoms with van der Waals surface area (Å²) in [7, 11) is -3.20. The van der Waals surface area contributed by atoms with Crippen LogP contribution < -0.4 is 0 Å². The topological polar surface area (TPSA) is 74.6 Å². The van der Waals surface area contributed by atoms with Crippen molar-refractivity contribution in [1.29, 1.82) is 0 Å². The molecule has 1 atom stereocenters. The Hall–Kier alpha value is -0.130. The summed E-state index contributed by atoms with van der Waals surface area (Å²) in [6.07, 6.45) is 5.07. The molecule has 0 aromatic heterocycles. The first kappa shape index (κ1) is 15.9. The fourth-order valence-electron chi connectivity index (χ4n) is 1.53. The van der Waals surface area contributed by atoms with E-state index in [0.717, 1.165) is 19.3 Å². The average molecular weight is 252 g/mol. The van der Waals surface area contributed by atoms with Crippen LogP contribution in [0.25, 0.3) is 0 Å². The van der Waals surface area contributed by atoms with Crippen LogP contribution in [0.3, 0.4) is 0 Å². The first-order valence-corrected chi connectivity index (χ1v) is 7.83. The fourth-order valence-corrected chi connectivity index (χ4v) is 3.03. The van der Waals surface area contributed by atoms with E-state index >= 15 is 0 Å². The van der Waals surface area contributed by atoms with Crippen LogP contribution in [0.2, 0.25) is 0 Å². The molecule has 2 N–H and O–H groups in total. The van der Waals surface area contributed by atoms with Gasteiger partial charge in [0.2, 0.25) is 0 Å². The Morgan fingerprint density at radius 3 is 2.19 bits per heavy atom. The second-order valence-electron chi connectivity index (χ2n) is 4.22. The Labute approximate surface area is 98.6 Å². The van der Waals surface area contributed by atoms with Crippen LogP contribution in [0.5, 0.6) is 0 Å². The summed E-state index contributed by atoms with van der Waals surface area (Å²) in [4.78, 5) is 0. The van der Waals surface area contributed by atoms with Gasteiger partial charge in [0.15, 0.2) is 9.84 Å². The van der Waals surface area contributed by atoms with Crippen molar-refractivity contribution >= 4 is 9.84 Å². The summed E-state index contributed by atoms with van der Waals surface area (Å²) in [5, 5.41) is 17.6. The minimum Gasteiger partial charge on any atom is -0.394 e. The van der Waals surface area contributed by atoms with Gasteiger partial charge in [0.1, 0.15) is 0 Å². The molecule has 0 aromatic carbocycles. The molecular formula is C11H24O4S. The molecule has 4 nitrogen and oxygen atoms in total. The molecule has 0 aliphatic carbocycles. The number of hydrogen-bond acceptors (Lipinski definition) is 4.